The van der Waals surface area contributed by atoms with E-state index >= 15 is 0 Å². The van der Waals surface area contributed by atoms with Crippen molar-refractivity contribution in [2.24, 2.45) is 0 Å². The first-order valence-electron chi connectivity index (χ1n) is 9.29. The SMILES string of the molecule is Cc1ccc(OCC(=O)N(Cc2c(F)cccc2Cl)C2CCS(=O)(=O)C2)cc1C. The lowest BCUT2D eigenvalue weighted by Gasteiger charge is -2.29. The smallest absolute Gasteiger partial charge is 0.261 e. The van der Waals surface area contributed by atoms with Crippen LogP contribution in [0.25, 0.3) is 0 Å². The standard InChI is InChI=1S/C21H23ClFNO4S/c1-14-6-7-17(10-15(14)2)28-12-21(25)24(16-8-9-29(26,27)13-16)11-18-19(22)4-3-5-20(18)23/h3-7,10,16H,8-9,11-13H2,1-2H3. The Bertz CT molecular complexity index is 1010. The van der Waals surface area contributed by atoms with Gasteiger partial charge in [0.2, 0.25) is 0 Å². The van der Waals surface area contributed by atoms with E-state index < -0.39 is 27.6 Å². The highest BCUT2D eigenvalue weighted by atomic mass is 35.5. The Morgan fingerprint density at radius 1 is 1.24 bits per heavy atom. The maximum absolute atomic E-state index is 14.3. The van der Waals surface area contributed by atoms with Crippen molar-refractivity contribution in [1.82, 2.24) is 4.90 Å². The topological polar surface area (TPSA) is 63.7 Å². The van der Waals surface area contributed by atoms with Crippen molar-refractivity contribution in [3.8, 4) is 5.75 Å². The maximum atomic E-state index is 14.3. The third kappa shape index (κ3) is 5.28. The molecular formula is C21H23ClFNO4S. The minimum Gasteiger partial charge on any atom is -0.484 e. The number of carbonyl (C=O) groups is 1. The highest BCUT2D eigenvalue weighted by Gasteiger charge is 2.35. The highest BCUT2D eigenvalue weighted by molar-refractivity contribution is 7.91. The van der Waals surface area contributed by atoms with E-state index in [1.807, 2.05) is 26.0 Å². The zero-order valence-corrected chi connectivity index (χ0v) is 17.9. The molecule has 0 aromatic heterocycles. The van der Waals surface area contributed by atoms with Crippen LogP contribution in [0.15, 0.2) is 36.4 Å². The van der Waals surface area contributed by atoms with E-state index in [1.165, 1.54) is 17.0 Å². The van der Waals surface area contributed by atoms with Gasteiger partial charge in [0.05, 0.1) is 18.1 Å². The summed E-state index contributed by atoms with van der Waals surface area (Å²) < 4.78 is 43.8. The predicted octanol–water partition coefficient (Wildman–Crippen LogP) is 3.69. The number of halogens is 2. The number of rotatable bonds is 6. The molecule has 0 saturated carbocycles. The Kier molecular flexibility index (Phi) is 6.49. The van der Waals surface area contributed by atoms with Crippen molar-refractivity contribution in [2.45, 2.75) is 32.9 Å². The van der Waals surface area contributed by atoms with E-state index in [9.17, 15) is 17.6 Å². The lowest BCUT2D eigenvalue weighted by Crippen LogP contribution is -2.43. The first-order valence-corrected chi connectivity index (χ1v) is 11.5. The van der Waals surface area contributed by atoms with Crippen LogP contribution in [0, 0.1) is 19.7 Å². The molecule has 1 saturated heterocycles. The molecular weight excluding hydrogens is 417 g/mol. The van der Waals surface area contributed by atoms with Gasteiger partial charge in [-0.2, -0.15) is 0 Å². The molecule has 2 aromatic rings. The molecule has 0 N–H and O–H groups in total. The molecule has 0 spiro atoms. The normalized spacial score (nSPS) is 17.9. The minimum absolute atomic E-state index is 0.00443. The molecule has 3 rings (SSSR count). The van der Waals surface area contributed by atoms with Gasteiger partial charge >= 0.3 is 0 Å². The molecule has 5 nitrogen and oxygen atoms in total. The third-order valence-corrected chi connectivity index (χ3v) is 7.30. The number of nitrogens with zero attached hydrogens (tertiary/aromatic N) is 1. The summed E-state index contributed by atoms with van der Waals surface area (Å²) >= 11 is 6.12. The monoisotopic (exact) mass is 439 g/mol. The number of amides is 1. The Balaban J connectivity index is 1.80. The van der Waals surface area contributed by atoms with E-state index in [-0.39, 0.29) is 35.2 Å². The highest BCUT2D eigenvalue weighted by Crippen LogP contribution is 2.26. The second-order valence-corrected chi connectivity index (χ2v) is 9.95. The molecule has 1 amide bonds. The fourth-order valence-electron chi connectivity index (χ4n) is 3.33. The van der Waals surface area contributed by atoms with Gasteiger partial charge in [0.25, 0.3) is 5.91 Å². The van der Waals surface area contributed by atoms with E-state index in [0.29, 0.717) is 12.2 Å². The molecule has 1 heterocycles. The van der Waals surface area contributed by atoms with Crippen LogP contribution >= 0.6 is 11.6 Å². The number of benzene rings is 2. The Hall–Kier alpha value is -2.12. The maximum Gasteiger partial charge on any atom is 0.261 e. The summed E-state index contributed by atoms with van der Waals surface area (Å²) in [5, 5.41) is 0.193. The summed E-state index contributed by atoms with van der Waals surface area (Å²) in [4.78, 5) is 14.3. The third-order valence-electron chi connectivity index (χ3n) is 5.20. The number of sulfone groups is 1. The number of ether oxygens (including phenoxy) is 1. The van der Waals surface area contributed by atoms with Crippen LogP contribution < -0.4 is 4.74 Å². The number of hydrogen-bond acceptors (Lipinski definition) is 4. The molecule has 1 fully saturated rings. The summed E-state index contributed by atoms with van der Waals surface area (Å²) in [7, 11) is -3.23. The summed E-state index contributed by atoms with van der Waals surface area (Å²) in [5.74, 6) is -0.543. The van der Waals surface area contributed by atoms with Crippen molar-refractivity contribution in [1.29, 1.82) is 0 Å². The van der Waals surface area contributed by atoms with Crippen LogP contribution in [-0.4, -0.2) is 43.4 Å². The molecule has 1 aliphatic rings. The van der Waals surface area contributed by atoms with Crippen molar-refractivity contribution in [3.63, 3.8) is 0 Å². The largest absolute Gasteiger partial charge is 0.484 e. The van der Waals surface area contributed by atoms with Crippen molar-refractivity contribution in [2.75, 3.05) is 18.1 Å². The van der Waals surface area contributed by atoms with E-state index in [2.05, 4.69) is 0 Å². The van der Waals surface area contributed by atoms with Gasteiger partial charge in [-0.3, -0.25) is 4.79 Å². The first-order chi connectivity index (χ1) is 13.7. The Morgan fingerprint density at radius 2 is 2.00 bits per heavy atom. The second kappa shape index (κ2) is 8.71. The molecule has 2 aromatic carbocycles. The number of aryl methyl sites for hydroxylation is 2. The summed E-state index contributed by atoms with van der Waals surface area (Å²) in [6.07, 6.45) is 0.309. The van der Waals surface area contributed by atoms with E-state index in [1.54, 1.807) is 12.1 Å². The second-order valence-electron chi connectivity index (χ2n) is 7.31. The average molecular weight is 440 g/mol. The van der Waals surface area contributed by atoms with Gasteiger partial charge in [0.15, 0.2) is 16.4 Å². The number of carbonyl (C=O) groups excluding carboxylic acids is 1. The fraction of sp³-hybridized carbons (Fsp3) is 0.381. The van der Waals surface area contributed by atoms with Crippen LogP contribution in [-0.2, 0) is 21.2 Å². The van der Waals surface area contributed by atoms with Crippen LogP contribution in [0.1, 0.15) is 23.1 Å². The van der Waals surface area contributed by atoms with Crippen LogP contribution in [0.5, 0.6) is 5.75 Å². The summed E-state index contributed by atoms with van der Waals surface area (Å²) in [6.45, 7) is 3.54. The Morgan fingerprint density at radius 3 is 2.62 bits per heavy atom. The van der Waals surface area contributed by atoms with Crippen molar-refractivity contribution >= 4 is 27.3 Å². The first kappa shape index (κ1) is 21.6. The van der Waals surface area contributed by atoms with Crippen molar-refractivity contribution < 1.29 is 22.3 Å². The van der Waals surface area contributed by atoms with Gasteiger partial charge in [-0.05, 0) is 55.7 Å². The van der Waals surface area contributed by atoms with Gasteiger partial charge < -0.3 is 9.64 Å². The molecule has 1 aliphatic heterocycles. The van der Waals surface area contributed by atoms with Crippen molar-refractivity contribution in [3.05, 3.63) is 63.9 Å². The molecule has 0 radical (unpaired) electrons. The zero-order valence-electron chi connectivity index (χ0n) is 16.3. The van der Waals surface area contributed by atoms with Crippen LogP contribution in [0.4, 0.5) is 4.39 Å². The molecule has 29 heavy (non-hydrogen) atoms. The summed E-state index contributed by atoms with van der Waals surface area (Å²) in [5.41, 5.74) is 2.31. The summed E-state index contributed by atoms with van der Waals surface area (Å²) in [6, 6.07) is 9.26. The minimum atomic E-state index is -3.23. The van der Waals surface area contributed by atoms with E-state index in [0.717, 1.165) is 11.1 Å². The quantitative estimate of drug-likeness (QED) is 0.688. The fourth-order valence-corrected chi connectivity index (χ4v) is 5.28. The predicted molar refractivity (Wildman–Crippen MR) is 110 cm³/mol. The molecule has 8 heteroatoms. The molecule has 1 unspecified atom stereocenters. The lowest BCUT2D eigenvalue weighted by molar-refractivity contribution is -0.136. The molecule has 0 bridgehead atoms. The van der Waals surface area contributed by atoms with Crippen LogP contribution in [0.3, 0.4) is 0 Å². The molecule has 1 atom stereocenters. The number of hydrogen-bond donors (Lipinski definition) is 0. The van der Waals surface area contributed by atoms with Gasteiger partial charge in [-0.25, -0.2) is 12.8 Å². The van der Waals surface area contributed by atoms with E-state index in [4.69, 9.17) is 16.3 Å². The van der Waals surface area contributed by atoms with Gasteiger partial charge in [0.1, 0.15) is 11.6 Å². The molecule has 156 valence electrons. The van der Waals surface area contributed by atoms with Gasteiger partial charge in [-0.1, -0.05) is 23.7 Å². The zero-order chi connectivity index (χ0) is 21.2. The average Bonchev–Trinajstić information content (AvgIpc) is 3.01. The molecule has 0 aliphatic carbocycles. The van der Waals surface area contributed by atoms with Crippen LogP contribution in [0.2, 0.25) is 5.02 Å². The lowest BCUT2D eigenvalue weighted by atomic mass is 10.1. The van der Waals surface area contributed by atoms with Gasteiger partial charge in [0, 0.05) is 16.6 Å². The Labute approximate surface area is 175 Å². The van der Waals surface area contributed by atoms with Gasteiger partial charge in [-0.15, -0.1) is 0 Å².